The number of fused-ring (bicyclic) bond motifs is 1. The fraction of sp³-hybridized carbons (Fsp3) is 0.227. The average Bonchev–Trinajstić information content (AvgIpc) is 2.72. The summed E-state index contributed by atoms with van der Waals surface area (Å²) in [6.07, 6.45) is 0.918. The molecule has 0 saturated heterocycles. The monoisotopic (exact) mass is 396 g/mol. The Bertz CT molecular complexity index is 1080. The molecule has 29 heavy (non-hydrogen) atoms. The Labute approximate surface area is 166 Å². The number of aryl methyl sites for hydroxylation is 1. The van der Waals surface area contributed by atoms with E-state index in [-0.39, 0.29) is 30.1 Å². The van der Waals surface area contributed by atoms with E-state index < -0.39 is 17.6 Å². The van der Waals surface area contributed by atoms with Crippen molar-refractivity contribution < 1.29 is 28.2 Å². The van der Waals surface area contributed by atoms with Crippen LogP contribution in [0.3, 0.4) is 0 Å². The van der Waals surface area contributed by atoms with Gasteiger partial charge in [0.1, 0.15) is 22.6 Å². The quantitative estimate of drug-likeness (QED) is 0.343. The Morgan fingerprint density at radius 3 is 2.38 bits per heavy atom. The van der Waals surface area contributed by atoms with Crippen LogP contribution in [-0.2, 0) is 16.0 Å². The van der Waals surface area contributed by atoms with Gasteiger partial charge in [-0.25, -0.2) is 14.4 Å². The van der Waals surface area contributed by atoms with Gasteiger partial charge in [0.25, 0.3) is 0 Å². The highest BCUT2D eigenvalue weighted by Crippen LogP contribution is 2.21. The first kappa shape index (κ1) is 20.1. The van der Waals surface area contributed by atoms with E-state index in [1.54, 1.807) is 25.1 Å². The number of hydrogen-bond acceptors (Lipinski definition) is 7. The number of esters is 2. The molecule has 0 unspecified atom stereocenters. The van der Waals surface area contributed by atoms with E-state index in [0.717, 1.165) is 6.42 Å². The highest BCUT2D eigenvalue weighted by Gasteiger charge is 2.15. The fourth-order valence-corrected chi connectivity index (χ4v) is 2.63. The lowest BCUT2D eigenvalue weighted by atomic mass is 10.2. The normalized spacial score (nSPS) is 10.6. The first-order valence-corrected chi connectivity index (χ1v) is 9.17. The van der Waals surface area contributed by atoms with Crippen LogP contribution in [0.2, 0.25) is 0 Å². The van der Waals surface area contributed by atoms with Crippen molar-refractivity contribution in [2.75, 3.05) is 13.2 Å². The van der Waals surface area contributed by atoms with Gasteiger partial charge in [0, 0.05) is 11.5 Å². The second kappa shape index (κ2) is 9.05. The van der Waals surface area contributed by atoms with Gasteiger partial charge in [-0.15, -0.1) is 0 Å². The zero-order valence-corrected chi connectivity index (χ0v) is 16.1. The van der Waals surface area contributed by atoms with Crippen LogP contribution >= 0.6 is 0 Å². The van der Waals surface area contributed by atoms with Crippen LogP contribution < -0.4 is 15.1 Å². The zero-order valence-electron chi connectivity index (χ0n) is 16.1. The molecule has 150 valence electrons. The summed E-state index contributed by atoms with van der Waals surface area (Å²) in [5.74, 6) is -0.591. The standard InChI is InChI=1S/C22H20O7/c1-3-14-5-8-16(9-6-14)27-13-20(23)28-17-10-7-15-11-18(21(24)26-4-2)22(25)29-19(15)12-17/h5-12H,3-4,13H2,1-2H3. The SMILES string of the molecule is CCOC(=O)c1cc2ccc(OC(=O)COc3ccc(CC)cc3)cc2oc1=O. The molecule has 0 aliphatic carbocycles. The van der Waals surface area contributed by atoms with Gasteiger partial charge in [0.05, 0.1) is 6.61 Å². The molecule has 0 saturated carbocycles. The van der Waals surface area contributed by atoms with E-state index in [1.165, 1.54) is 23.8 Å². The van der Waals surface area contributed by atoms with Gasteiger partial charge in [0.2, 0.25) is 0 Å². The second-order valence-corrected chi connectivity index (χ2v) is 6.13. The van der Waals surface area contributed by atoms with E-state index in [2.05, 4.69) is 6.92 Å². The smallest absolute Gasteiger partial charge is 0.351 e. The van der Waals surface area contributed by atoms with Crippen LogP contribution in [-0.4, -0.2) is 25.2 Å². The third kappa shape index (κ3) is 5.01. The lowest BCUT2D eigenvalue weighted by Crippen LogP contribution is -2.18. The number of rotatable bonds is 7. The first-order chi connectivity index (χ1) is 14.0. The summed E-state index contributed by atoms with van der Waals surface area (Å²) < 4.78 is 20.6. The van der Waals surface area contributed by atoms with Gasteiger partial charge < -0.3 is 18.6 Å². The molecule has 0 bridgehead atoms. The zero-order chi connectivity index (χ0) is 20.8. The molecule has 0 N–H and O–H groups in total. The van der Waals surface area contributed by atoms with Gasteiger partial charge in [0.15, 0.2) is 6.61 Å². The summed E-state index contributed by atoms with van der Waals surface area (Å²) in [7, 11) is 0. The molecule has 0 aliphatic heterocycles. The minimum Gasteiger partial charge on any atom is -0.482 e. The van der Waals surface area contributed by atoms with Gasteiger partial charge in [-0.05, 0) is 49.2 Å². The van der Waals surface area contributed by atoms with Crippen LogP contribution in [0.4, 0.5) is 0 Å². The third-order valence-electron chi connectivity index (χ3n) is 4.12. The van der Waals surface area contributed by atoms with Gasteiger partial charge in [-0.1, -0.05) is 19.1 Å². The Morgan fingerprint density at radius 2 is 1.69 bits per heavy atom. The molecule has 2 aromatic carbocycles. The molecular formula is C22H20O7. The van der Waals surface area contributed by atoms with Crippen molar-refractivity contribution in [2.24, 2.45) is 0 Å². The second-order valence-electron chi connectivity index (χ2n) is 6.13. The Balaban J connectivity index is 1.68. The van der Waals surface area contributed by atoms with E-state index in [4.69, 9.17) is 18.6 Å². The van der Waals surface area contributed by atoms with Crippen molar-refractivity contribution in [1.29, 1.82) is 0 Å². The number of ether oxygens (including phenoxy) is 3. The predicted octanol–water partition coefficient (Wildman–Crippen LogP) is 3.52. The molecule has 0 atom stereocenters. The molecule has 0 radical (unpaired) electrons. The molecule has 7 heteroatoms. The summed E-state index contributed by atoms with van der Waals surface area (Å²) >= 11 is 0. The molecule has 3 aromatic rings. The van der Waals surface area contributed by atoms with Crippen molar-refractivity contribution in [3.63, 3.8) is 0 Å². The lowest BCUT2D eigenvalue weighted by molar-refractivity contribution is -0.136. The lowest BCUT2D eigenvalue weighted by Gasteiger charge is -2.08. The van der Waals surface area contributed by atoms with Crippen molar-refractivity contribution in [3.05, 3.63) is 70.1 Å². The van der Waals surface area contributed by atoms with Crippen LogP contribution in [0.15, 0.2) is 57.7 Å². The average molecular weight is 396 g/mol. The summed E-state index contributed by atoms with van der Waals surface area (Å²) in [6.45, 7) is 3.58. The highest BCUT2D eigenvalue weighted by molar-refractivity contribution is 5.93. The molecule has 0 amide bonds. The van der Waals surface area contributed by atoms with Crippen LogP contribution in [0.25, 0.3) is 11.0 Å². The number of benzene rings is 2. The van der Waals surface area contributed by atoms with Crippen molar-refractivity contribution in [3.8, 4) is 11.5 Å². The van der Waals surface area contributed by atoms with E-state index in [0.29, 0.717) is 11.1 Å². The van der Waals surface area contributed by atoms with Crippen molar-refractivity contribution in [2.45, 2.75) is 20.3 Å². The minimum atomic E-state index is -0.821. The van der Waals surface area contributed by atoms with E-state index in [9.17, 15) is 14.4 Å². The third-order valence-corrected chi connectivity index (χ3v) is 4.12. The molecule has 1 heterocycles. The Hall–Kier alpha value is -3.61. The number of hydrogen-bond donors (Lipinski definition) is 0. The minimum absolute atomic E-state index is 0.149. The summed E-state index contributed by atoms with van der Waals surface area (Å²) in [5, 5.41) is 0.500. The molecule has 7 nitrogen and oxygen atoms in total. The van der Waals surface area contributed by atoms with E-state index in [1.807, 2.05) is 12.1 Å². The van der Waals surface area contributed by atoms with Crippen LogP contribution in [0.5, 0.6) is 11.5 Å². The summed E-state index contributed by atoms with van der Waals surface area (Å²) in [4.78, 5) is 35.8. The molecular weight excluding hydrogens is 376 g/mol. The maximum atomic E-state index is 12.0. The number of carbonyl (C=O) groups is 2. The van der Waals surface area contributed by atoms with Crippen molar-refractivity contribution >= 4 is 22.9 Å². The molecule has 0 spiro atoms. The maximum Gasteiger partial charge on any atom is 0.351 e. The number of carbonyl (C=O) groups excluding carboxylic acids is 2. The fourth-order valence-electron chi connectivity index (χ4n) is 2.63. The predicted molar refractivity (Wildman–Crippen MR) is 105 cm³/mol. The summed E-state index contributed by atoms with van der Waals surface area (Å²) in [5.41, 5.74) is 0.345. The van der Waals surface area contributed by atoms with Crippen molar-refractivity contribution in [1.82, 2.24) is 0 Å². The topological polar surface area (TPSA) is 92.0 Å². The molecule has 0 fully saturated rings. The van der Waals surface area contributed by atoms with Crippen LogP contribution in [0.1, 0.15) is 29.8 Å². The van der Waals surface area contributed by atoms with E-state index >= 15 is 0 Å². The summed E-state index contributed by atoms with van der Waals surface area (Å²) in [6, 6.07) is 13.3. The molecule has 0 aliphatic rings. The van der Waals surface area contributed by atoms with Gasteiger partial charge in [-0.3, -0.25) is 0 Å². The van der Waals surface area contributed by atoms with Gasteiger partial charge >= 0.3 is 17.6 Å². The maximum absolute atomic E-state index is 12.0. The molecule has 3 rings (SSSR count). The first-order valence-electron chi connectivity index (χ1n) is 9.17. The van der Waals surface area contributed by atoms with Gasteiger partial charge in [-0.2, -0.15) is 0 Å². The Kier molecular flexibility index (Phi) is 6.29. The highest BCUT2D eigenvalue weighted by atomic mass is 16.6. The largest absolute Gasteiger partial charge is 0.482 e. The molecule has 1 aromatic heterocycles. The Morgan fingerprint density at radius 1 is 0.966 bits per heavy atom. The van der Waals surface area contributed by atoms with Crippen LogP contribution in [0, 0.1) is 0 Å².